The van der Waals surface area contributed by atoms with E-state index in [4.69, 9.17) is 28.9 Å². The van der Waals surface area contributed by atoms with Gasteiger partial charge in [0, 0.05) is 5.39 Å². The second-order valence-corrected chi connectivity index (χ2v) is 4.25. The van der Waals surface area contributed by atoms with E-state index in [0.29, 0.717) is 21.9 Å². The number of fused-ring (bicyclic) bond motifs is 1. The van der Waals surface area contributed by atoms with Crippen molar-refractivity contribution in [2.75, 3.05) is 12.0 Å². The smallest absolute Gasteiger partial charge is 0.189 e. The van der Waals surface area contributed by atoms with Gasteiger partial charge in [0.25, 0.3) is 0 Å². The Morgan fingerprint density at radius 2 is 2.00 bits per heavy atom. The Balaban J connectivity index is 2.85. The van der Waals surface area contributed by atoms with Crippen LogP contribution in [0, 0.1) is 0 Å². The summed E-state index contributed by atoms with van der Waals surface area (Å²) >= 11 is 13.1. The van der Waals surface area contributed by atoms with Crippen LogP contribution in [0.1, 0.15) is 0 Å². The fraction of sp³-hybridized carbons (Fsp3) is 0.125. The third kappa shape index (κ3) is 1.95. The summed E-state index contributed by atoms with van der Waals surface area (Å²) < 4.78 is 0. The van der Waals surface area contributed by atoms with E-state index >= 15 is 0 Å². The number of nitrogens with zero attached hydrogens (tertiary/aromatic N) is 3. The van der Waals surface area contributed by atoms with Crippen LogP contribution in [0.15, 0.2) is 11.2 Å². The Morgan fingerprint density at radius 3 is 2.67 bits per heavy atom. The quantitative estimate of drug-likeness (QED) is 0.485. The first kappa shape index (κ1) is 10.7. The number of hydrogen-bond acceptors (Lipinski definition) is 5. The van der Waals surface area contributed by atoms with Crippen LogP contribution in [0.3, 0.4) is 0 Å². The van der Waals surface area contributed by atoms with Crippen molar-refractivity contribution in [3.63, 3.8) is 0 Å². The lowest BCUT2D eigenvalue weighted by atomic mass is 10.3. The highest BCUT2D eigenvalue weighted by molar-refractivity contribution is 7.98. The second kappa shape index (κ2) is 4.00. The molecule has 0 radical (unpaired) electrons. The van der Waals surface area contributed by atoms with Gasteiger partial charge in [-0.3, -0.25) is 0 Å². The van der Waals surface area contributed by atoms with Gasteiger partial charge in [0.05, 0.1) is 0 Å². The highest BCUT2D eigenvalue weighted by Crippen LogP contribution is 2.27. The van der Waals surface area contributed by atoms with Gasteiger partial charge in [-0.15, -0.1) is 0 Å². The van der Waals surface area contributed by atoms with Crippen molar-refractivity contribution in [1.29, 1.82) is 0 Å². The number of nitrogens with two attached hydrogens (primary N) is 1. The molecule has 0 unspecified atom stereocenters. The highest BCUT2D eigenvalue weighted by Gasteiger charge is 2.10. The summed E-state index contributed by atoms with van der Waals surface area (Å²) in [5.74, 6) is 0.357. The lowest BCUT2D eigenvalue weighted by molar-refractivity contribution is 1.01. The van der Waals surface area contributed by atoms with Gasteiger partial charge in [0.2, 0.25) is 0 Å². The Hall–Kier alpha value is -0.780. The molecule has 0 saturated carbocycles. The van der Waals surface area contributed by atoms with Gasteiger partial charge in [0.15, 0.2) is 10.3 Å². The number of aromatic nitrogens is 3. The molecule has 2 rings (SSSR count). The van der Waals surface area contributed by atoms with E-state index in [1.807, 2.05) is 6.26 Å². The molecule has 0 aromatic carbocycles. The molecule has 4 nitrogen and oxygen atoms in total. The lowest BCUT2D eigenvalue weighted by Crippen LogP contribution is -1.98. The van der Waals surface area contributed by atoms with Crippen LogP contribution >= 0.6 is 35.0 Å². The van der Waals surface area contributed by atoms with E-state index in [9.17, 15) is 0 Å². The van der Waals surface area contributed by atoms with Crippen LogP contribution in [0.5, 0.6) is 0 Å². The van der Waals surface area contributed by atoms with Gasteiger partial charge < -0.3 is 5.73 Å². The predicted octanol–water partition coefficient (Wildman–Crippen LogP) is 2.64. The van der Waals surface area contributed by atoms with Crippen LogP contribution < -0.4 is 5.73 Å². The number of nitrogen functional groups attached to an aromatic ring is 1. The average Bonchev–Trinajstić information content (AvgIpc) is 2.19. The van der Waals surface area contributed by atoms with Crippen molar-refractivity contribution in [2.45, 2.75) is 5.16 Å². The summed E-state index contributed by atoms with van der Waals surface area (Å²) in [4.78, 5) is 12.2. The zero-order valence-electron chi connectivity index (χ0n) is 7.66. The minimum atomic E-state index is 0.238. The molecular weight excluding hydrogens is 255 g/mol. The molecule has 0 aliphatic carbocycles. The minimum Gasteiger partial charge on any atom is -0.383 e. The van der Waals surface area contributed by atoms with Crippen LogP contribution in [0.25, 0.3) is 10.9 Å². The fourth-order valence-electron chi connectivity index (χ4n) is 1.15. The van der Waals surface area contributed by atoms with Crippen molar-refractivity contribution in [1.82, 2.24) is 15.0 Å². The topological polar surface area (TPSA) is 64.7 Å². The molecule has 7 heteroatoms. The molecule has 78 valence electrons. The summed E-state index contributed by atoms with van der Waals surface area (Å²) in [7, 11) is 0. The van der Waals surface area contributed by atoms with E-state index in [2.05, 4.69) is 15.0 Å². The molecule has 15 heavy (non-hydrogen) atoms. The van der Waals surface area contributed by atoms with E-state index in [1.165, 1.54) is 11.8 Å². The number of halogens is 2. The van der Waals surface area contributed by atoms with Crippen molar-refractivity contribution in [2.24, 2.45) is 0 Å². The first-order valence-electron chi connectivity index (χ1n) is 3.95. The van der Waals surface area contributed by atoms with Gasteiger partial charge in [-0.2, -0.15) is 0 Å². The van der Waals surface area contributed by atoms with Crippen LogP contribution in [0.2, 0.25) is 10.3 Å². The standard InChI is InChI=1S/C8H6Cl2N4S/c1-15-8-13-5-3(7(11)14-8)2-4(9)12-6(5)10/h2H,1H3,(H2,11,13,14). The Kier molecular flexibility index (Phi) is 2.86. The molecule has 0 saturated heterocycles. The molecule has 0 atom stereocenters. The predicted molar refractivity (Wildman–Crippen MR) is 63.5 cm³/mol. The summed E-state index contributed by atoms with van der Waals surface area (Å²) in [6.45, 7) is 0. The van der Waals surface area contributed by atoms with Crippen LogP contribution in [-0.4, -0.2) is 21.2 Å². The third-order valence-electron chi connectivity index (χ3n) is 1.80. The maximum absolute atomic E-state index is 5.91. The van der Waals surface area contributed by atoms with Gasteiger partial charge in [0.1, 0.15) is 16.5 Å². The van der Waals surface area contributed by atoms with Gasteiger partial charge >= 0.3 is 0 Å². The van der Waals surface area contributed by atoms with E-state index in [1.54, 1.807) is 6.07 Å². The lowest BCUT2D eigenvalue weighted by Gasteiger charge is -2.04. The third-order valence-corrected chi connectivity index (χ3v) is 2.81. The molecule has 2 aromatic heterocycles. The molecular formula is C8H6Cl2N4S. The van der Waals surface area contributed by atoms with Crippen LogP contribution in [-0.2, 0) is 0 Å². The van der Waals surface area contributed by atoms with Gasteiger partial charge in [-0.05, 0) is 12.3 Å². The van der Waals surface area contributed by atoms with E-state index < -0.39 is 0 Å². The summed E-state index contributed by atoms with van der Waals surface area (Å²) in [5.41, 5.74) is 6.29. The number of thioether (sulfide) groups is 1. The summed E-state index contributed by atoms with van der Waals surface area (Å²) in [6, 6.07) is 1.60. The fourth-order valence-corrected chi connectivity index (χ4v) is 2.00. The Bertz CT molecular complexity index is 532. The number of hydrogen-bond donors (Lipinski definition) is 1. The number of pyridine rings is 1. The molecule has 2 N–H and O–H groups in total. The SMILES string of the molecule is CSc1nc(N)c2cc(Cl)nc(Cl)c2n1. The largest absolute Gasteiger partial charge is 0.383 e. The highest BCUT2D eigenvalue weighted by atomic mass is 35.5. The minimum absolute atomic E-state index is 0.238. The van der Waals surface area contributed by atoms with Crippen molar-refractivity contribution < 1.29 is 0 Å². The van der Waals surface area contributed by atoms with Crippen molar-refractivity contribution in [3.05, 3.63) is 16.4 Å². The summed E-state index contributed by atoms with van der Waals surface area (Å²) in [5, 5.41) is 1.70. The average molecular weight is 261 g/mol. The van der Waals surface area contributed by atoms with E-state index in [-0.39, 0.29) is 10.3 Å². The number of anilines is 1. The maximum atomic E-state index is 5.91. The molecule has 2 aromatic rings. The zero-order chi connectivity index (χ0) is 11.0. The molecule has 0 aliphatic rings. The maximum Gasteiger partial charge on any atom is 0.189 e. The van der Waals surface area contributed by atoms with E-state index in [0.717, 1.165) is 0 Å². The van der Waals surface area contributed by atoms with Crippen molar-refractivity contribution in [3.8, 4) is 0 Å². The monoisotopic (exact) mass is 260 g/mol. The van der Waals surface area contributed by atoms with Crippen molar-refractivity contribution >= 4 is 51.7 Å². The zero-order valence-corrected chi connectivity index (χ0v) is 9.99. The second-order valence-electron chi connectivity index (χ2n) is 2.73. The summed E-state index contributed by atoms with van der Waals surface area (Å²) in [6.07, 6.45) is 1.86. The van der Waals surface area contributed by atoms with Gasteiger partial charge in [-0.25, -0.2) is 15.0 Å². The molecule has 0 spiro atoms. The van der Waals surface area contributed by atoms with Gasteiger partial charge in [-0.1, -0.05) is 35.0 Å². The Labute approximate surface area is 100 Å². The molecule has 0 aliphatic heterocycles. The molecule has 2 heterocycles. The number of rotatable bonds is 1. The molecule has 0 bridgehead atoms. The molecule has 0 fully saturated rings. The Morgan fingerprint density at radius 1 is 1.27 bits per heavy atom. The van der Waals surface area contributed by atoms with Crippen LogP contribution in [0.4, 0.5) is 5.82 Å². The first-order valence-corrected chi connectivity index (χ1v) is 5.93. The first-order chi connectivity index (χ1) is 7.11. The molecule has 0 amide bonds. The normalized spacial score (nSPS) is 10.9.